The van der Waals surface area contributed by atoms with Gasteiger partial charge < -0.3 is 16.0 Å². The van der Waals surface area contributed by atoms with Gasteiger partial charge in [0.1, 0.15) is 0 Å². The van der Waals surface area contributed by atoms with Crippen molar-refractivity contribution in [3.05, 3.63) is 36.4 Å². The summed E-state index contributed by atoms with van der Waals surface area (Å²) in [7, 11) is 0.376. The van der Waals surface area contributed by atoms with Gasteiger partial charge in [-0.2, -0.15) is 0 Å². The predicted molar refractivity (Wildman–Crippen MR) is 128 cm³/mol. The van der Waals surface area contributed by atoms with Crippen molar-refractivity contribution in [1.29, 1.82) is 0 Å². The fraction of sp³-hybridized carbons (Fsp3) is 0.565. The number of hydrogen-bond donors (Lipinski definition) is 3. The van der Waals surface area contributed by atoms with Crippen molar-refractivity contribution in [2.24, 2.45) is 5.73 Å². The fourth-order valence-electron chi connectivity index (χ4n) is 3.61. The summed E-state index contributed by atoms with van der Waals surface area (Å²) in [6.45, 7) is 3.03. The van der Waals surface area contributed by atoms with Crippen LogP contribution >= 0.6 is 0 Å². The summed E-state index contributed by atoms with van der Waals surface area (Å²) in [5, 5.41) is 5.09. The van der Waals surface area contributed by atoms with E-state index in [1.54, 1.807) is 6.07 Å². The Kier molecular flexibility index (Phi) is 10.6. The number of fused-ring (bicyclic) bond motifs is 1. The zero-order valence-corrected chi connectivity index (χ0v) is 19.3. The lowest BCUT2D eigenvalue weighted by molar-refractivity contribution is 0.554. The van der Waals surface area contributed by atoms with E-state index in [9.17, 15) is 8.42 Å². The number of unbranched alkanes of at least 4 members (excludes halogenated alkanes) is 5. The summed E-state index contributed by atoms with van der Waals surface area (Å²) in [6, 6.07) is 11.2. The summed E-state index contributed by atoms with van der Waals surface area (Å²) in [5.74, 6) is 0. The van der Waals surface area contributed by atoms with Gasteiger partial charge in [-0.3, -0.25) is 0 Å². The maximum absolute atomic E-state index is 12.9. The van der Waals surface area contributed by atoms with Crippen LogP contribution < -0.4 is 20.7 Å². The number of anilines is 1. The second-order valence-corrected chi connectivity index (χ2v) is 9.67. The first-order valence-corrected chi connectivity index (χ1v) is 12.5. The first-order valence-electron chi connectivity index (χ1n) is 11.1. The number of rotatable bonds is 15. The number of nitrogens with one attached hydrogen (secondary N) is 2. The molecule has 2 rings (SSSR count). The van der Waals surface area contributed by atoms with Crippen LogP contribution in [0.25, 0.3) is 10.8 Å². The van der Waals surface area contributed by atoms with Crippen LogP contribution in [0, 0.1) is 0 Å². The van der Waals surface area contributed by atoms with Crippen molar-refractivity contribution in [3.63, 3.8) is 0 Å². The van der Waals surface area contributed by atoms with Crippen LogP contribution in [0.4, 0.5) is 5.69 Å². The van der Waals surface area contributed by atoms with Crippen molar-refractivity contribution >= 4 is 26.5 Å². The Morgan fingerprint density at radius 1 is 0.800 bits per heavy atom. The molecule has 0 aliphatic carbocycles. The van der Waals surface area contributed by atoms with Crippen molar-refractivity contribution in [2.45, 2.75) is 49.8 Å². The summed E-state index contributed by atoms with van der Waals surface area (Å²) >= 11 is 0. The van der Waals surface area contributed by atoms with Crippen LogP contribution in [0.1, 0.15) is 44.9 Å². The van der Waals surface area contributed by atoms with E-state index in [0.29, 0.717) is 11.4 Å². The monoisotopic (exact) mass is 434 g/mol. The fourth-order valence-corrected chi connectivity index (χ4v) is 4.91. The van der Waals surface area contributed by atoms with Gasteiger partial charge in [-0.15, -0.1) is 0 Å². The first kappa shape index (κ1) is 24.6. The topological polar surface area (TPSA) is 87.5 Å². The minimum atomic E-state index is -3.55. The molecule has 6 nitrogen and oxygen atoms in total. The van der Waals surface area contributed by atoms with E-state index in [-0.39, 0.29) is 0 Å². The molecule has 0 amide bonds. The summed E-state index contributed by atoms with van der Waals surface area (Å²) in [6.07, 6.45) is 8.06. The minimum absolute atomic E-state index is 0.339. The van der Waals surface area contributed by atoms with Gasteiger partial charge in [-0.05, 0) is 51.0 Å². The molecular formula is C23H38N4O2S. The Labute approximate surface area is 182 Å². The molecule has 2 aromatic carbocycles. The van der Waals surface area contributed by atoms with Gasteiger partial charge in [0.25, 0.3) is 0 Å². The Hall–Kier alpha value is -1.67. The van der Waals surface area contributed by atoms with Crippen LogP contribution in [0.15, 0.2) is 41.3 Å². The molecule has 30 heavy (non-hydrogen) atoms. The average molecular weight is 435 g/mol. The molecule has 0 bridgehead atoms. The quantitative estimate of drug-likeness (QED) is 0.374. The third-order valence-electron chi connectivity index (χ3n) is 5.26. The van der Waals surface area contributed by atoms with Gasteiger partial charge in [0, 0.05) is 37.1 Å². The molecule has 0 aliphatic rings. The molecule has 2 aromatic rings. The lowest BCUT2D eigenvalue weighted by atomic mass is 10.1. The maximum Gasteiger partial charge on any atom is 0.241 e. The molecular weight excluding hydrogens is 396 g/mol. The first-order chi connectivity index (χ1) is 14.5. The van der Waals surface area contributed by atoms with Crippen LogP contribution in [0.3, 0.4) is 0 Å². The van der Waals surface area contributed by atoms with Crippen LogP contribution in [-0.4, -0.2) is 48.7 Å². The zero-order chi connectivity index (χ0) is 21.8. The molecule has 0 fully saturated rings. The lowest BCUT2D eigenvalue weighted by Crippen LogP contribution is -2.28. The maximum atomic E-state index is 12.9. The smallest absolute Gasteiger partial charge is 0.241 e. The van der Waals surface area contributed by atoms with E-state index in [4.69, 9.17) is 5.73 Å². The normalized spacial score (nSPS) is 11.8. The SMILES string of the molecule is CN(C)c1cccc2c(S(=O)(=O)NCCCNCCCCCCCCN)cccc12. The number of benzene rings is 2. The Morgan fingerprint density at radius 2 is 1.43 bits per heavy atom. The van der Waals surface area contributed by atoms with Crippen molar-refractivity contribution in [2.75, 3.05) is 45.2 Å². The van der Waals surface area contributed by atoms with Crippen molar-refractivity contribution < 1.29 is 8.42 Å². The highest BCUT2D eigenvalue weighted by Crippen LogP contribution is 2.30. The highest BCUT2D eigenvalue weighted by atomic mass is 32.2. The third-order valence-corrected chi connectivity index (χ3v) is 6.78. The van der Waals surface area contributed by atoms with Gasteiger partial charge >= 0.3 is 0 Å². The van der Waals surface area contributed by atoms with E-state index < -0.39 is 10.0 Å². The molecule has 7 heteroatoms. The second-order valence-electron chi connectivity index (χ2n) is 7.93. The van der Waals surface area contributed by atoms with Gasteiger partial charge in [-0.1, -0.05) is 49.9 Å². The van der Waals surface area contributed by atoms with E-state index in [1.165, 1.54) is 32.1 Å². The van der Waals surface area contributed by atoms with Crippen molar-refractivity contribution in [1.82, 2.24) is 10.0 Å². The van der Waals surface area contributed by atoms with E-state index in [0.717, 1.165) is 48.9 Å². The average Bonchev–Trinajstić information content (AvgIpc) is 2.73. The predicted octanol–water partition coefficient (Wildman–Crippen LogP) is 3.46. The molecule has 0 atom stereocenters. The molecule has 0 unspecified atom stereocenters. The van der Waals surface area contributed by atoms with Crippen molar-refractivity contribution in [3.8, 4) is 0 Å². The van der Waals surface area contributed by atoms with Gasteiger partial charge in [0.05, 0.1) is 4.90 Å². The molecule has 0 spiro atoms. The molecule has 0 aromatic heterocycles. The van der Waals surface area contributed by atoms with Gasteiger partial charge in [0.15, 0.2) is 0 Å². The number of nitrogens with zero attached hydrogens (tertiary/aromatic N) is 1. The standard InChI is InChI=1S/C23H38N4O2S/c1-27(2)22-14-9-13-21-20(22)12-10-15-23(21)30(28,29)26-19-11-18-25-17-8-6-4-3-5-7-16-24/h9-10,12-15,25-26H,3-8,11,16-19,24H2,1-2H3. The Balaban J connectivity index is 1.76. The lowest BCUT2D eigenvalue weighted by Gasteiger charge is -2.17. The van der Waals surface area contributed by atoms with E-state index >= 15 is 0 Å². The molecule has 0 radical (unpaired) electrons. The highest BCUT2D eigenvalue weighted by Gasteiger charge is 2.17. The van der Waals surface area contributed by atoms with Crippen LogP contribution in [0.2, 0.25) is 0 Å². The molecule has 168 valence electrons. The number of nitrogens with two attached hydrogens (primary N) is 1. The third kappa shape index (κ3) is 7.54. The largest absolute Gasteiger partial charge is 0.377 e. The van der Waals surface area contributed by atoms with Gasteiger partial charge in [-0.25, -0.2) is 13.1 Å². The zero-order valence-electron chi connectivity index (χ0n) is 18.5. The van der Waals surface area contributed by atoms with Crippen LogP contribution in [-0.2, 0) is 10.0 Å². The van der Waals surface area contributed by atoms with E-state index in [2.05, 4.69) is 10.0 Å². The number of sulfonamides is 1. The minimum Gasteiger partial charge on any atom is -0.377 e. The summed E-state index contributed by atoms with van der Waals surface area (Å²) in [5.41, 5.74) is 6.50. The van der Waals surface area contributed by atoms with Crippen LogP contribution in [0.5, 0.6) is 0 Å². The Bertz CT molecular complexity index is 869. The Morgan fingerprint density at radius 3 is 2.17 bits per heavy atom. The summed E-state index contributed by atoms with van der Waals surface area (Å²) in [4.78, 5) is 2.34. The second kappa shape index (κ2) is 12.9. The van der Waals surface area contributed by atoms with Gasteiger partial charge in [0.2, 0.25) is 10.0 Å². The molecule has 4 N–H and O–H groups in total. The molecule has 0 saturated heterocycles. The highest BCUT2D eigenvalue weighted by molar-refractivity contribution is 7.89. The molecule has 0 saturated carbocycles. The molecule has 0 heterocycles. The number of hydrogen-bond acceptors (Lipinski definition) is 5. The summed E-state index contributed by atoms with van der Waals surface area (Å²) < 4.78 is 28.5. The van der Waals surface area contributed by atoms with E-state index in [1.807, 2.05) is 49.3 Å². The molecule has 0 aliphatic heterocycles.